The molecule has 0 fully saturated rings. The van der Waals surface area contributed by atoms with E-state index in [1.165, 1.54) is 0 Å². The van der Waals surface area contributed by atoms with Crippen LogP contribution in [0.25, 0.3) is 0 Å². The number of nitrogens with one attached hydrogen (secondary N) is 1. The summed E-state index contributed by atoms with van der Waals surface area (Å²) in [5, 5.41) is 17.4. The van der Waals surface area contributed by atoms with Gasteiger partial charge in [-0.1, -0.05) is 34.6 Å². The first-order chi connectivity index (χ1) is 9.83. The SMILES string of the molecule is CCN(CC)CCNC(C#N)c1cn(C)nc1C(C)(C)C. The smallest absolute Gasteiger partial charge is 0.124 e. The summed E-state index contributed by atoms with van der Waals surface area (Å²) in [5.74, 6) is 0. The number of aryl methyl sites for hydroxylation is 1. The van der Waals surface area contributed by atoms with Crippen molar-refractivity contribution in [2.75, 3.05) is 26.2 Å². The van der Waals surface area contributed by atoms with Gasteiger partial charge >= 0.3 is 0 Å². The van der Waals surface area contributed by atoms with Gasteiger partial charge in [0.25, 0.3) is 0 Å². The molecule has 1 N–H and O–H groups in total. The van der Waals surface area contributed by atoms with Crippen molar-refractivity contribution in [1.82, 2.24) is 20.0 Å². The maximum atomic E-state index is 9.50. The first kappa shape index (κ1) is 17.7. The third-order valence-electron chi connectivity index (χ3n) is 3.68. The molecule has 21 heavy (non-hydrogen) atoms. The van der Waals surface area contributed by atoms with E-state index in [4.69, 9.17) is 0 Å². The summed E-state index contributed by atoms with van der Waals surface area (Å²) in [7, 11) is 1.91. The molecule has 1 aromatic rings. The molecule has 0 spiro atoms. The van der Waals surface area contributed by atoms with Gasteiger partial charge in [0.2, 0.25) is 0 Å². The lowest BCUT2D eigenvalue weighted by molar-refractivity contribution is 0.300. The first-order valence-corrected chi connectivity index (χ1v) is 7.72. The van der Waals surface area contributed by atoms with Crippen molar-refractivity contribution < 1.29 is 0 Å². The van der Waals surface area contributed by atoms with E-state index >= 15 is 0 Å². The van der Waals surface area contributed by atoms with Crippen LogP contribution in [0.5, 0.6) is 0 Å². The minimum absolute atomic E-state index is 0.0632. The predicted octanol–water partition coefficient (Wildman–Crippen LogP) is 2.21. The van der Waals surface area contributed by atoms with Gasteiger partial charge in [-0.25, -0.2) is 0 Å². The van der Waals surface area contributed by atoms with Gasteiger partial charge in [0.05, 0.1) is 11.8 Å². The third-order valence-corrected chi connectivity index (χ3v) is 3.68. The van der Waals surface area contributed by atoms with Crippen molar-refractivity contribution in [3.05, 3.63) is 17.5 Å². The Balaban J connectivity index is 2.80. The van der Waals surface area contributed by atoms with Crippen molar-refractivity contribution >= 4 is 0 Å². The van der Waals surface area contributed by atoms with E-state index in [0.717, 1.165) is 37.4 Å². The van der Waals surface area contributed by atoms with Crippen LogP contribution in [0.1, 0.15) is 51.9 Å². The third kappa shape index (κ3) is 4.83. The molecule has 1 unspecified atom stereocenters. The van der Waals surface area contributed by atoms with E-state index in [0.29, 0.717) is 0 Å². The lowest BCUT2D eigenvalue weighted by Crippen LogP contribution is -2.34. The molecular formula is C16H29N5. The van der Waals surface area contributed by atoms with Crippen LogP contribution >= 0.6 is 0 Å². The summed E-state index contributed by atoms with van der Waals surface area (Å²) in [4.78, 5) is 2.34. The molecular weight excluding hydrogens is 262 g/mol. The second-order valence-corrected chi connectivity index (χ2v) is 6.40. The Labute approximate surface area is 128 Å². The highest BCUT2D eigenvalue weighted by Crippen LogP contribution is 2.28. The van der Waals surface area contributed by atoms with Crippen LogP contribution in [-0.4, -0.2) is 40.9 Å². The maximum Gasteiger partial charge on any atom is 0.124 e. The topological polar surface area (TPSA) is 56.9 Å². The number of nitriles is 1. The van der Waals surface area contributed by atoms with Gasteiger partial charge in [-0.3, -0.25) is 10.00 Å². The van der Waals surface area contributed by atoms with Gasteiger partial charge < -0.3 is 4.90 Å². The molecule has 1 atom stereocenters. The van der Waals surface area contributed by atoms with Crippen molar-refractivity contribution in [1.29, 1.82) is 5.26 Å². The average Bonchev–Trinajstić information content (AvgIpc) is 2.81. The van der Waals surface area contributed by atoms with Crippen molar-refractivity contribution in [2.45, 2.75) is 46.1 Å². The van der Waals surface area contributed by atoms with Crippen LogP contribution in [0, 0.1) is 11.3 Å². The Hall–Kier alpha value is -1.38. The molecule has 0 aromatic carbocycles. The molecule has 0 aliphatic carbocycles. The highest BCUT2D eigenvalue weighted by molar-refractivity contribution is 5.31. The molecule has 1 aromatic heterocycles. The van der Waals surface area contributed by atoms with Crippen LogP contribution in [0.3, 0.4) is 0 Å². The molecule has 1 rings (SSSR count). The summed E-state index contributed by atoms with van der Waals surface area (Å²) < 4.78 is 1.80. The van der Waals surface area contributed by atoms with E-state index in [1.54, 1.807) is 4.68 Å². The summed E-state index contributed by atoms with van der Waals surface area (Å²) >= 11 is 0. The molecule has 0 saturated heterocycles. The Morgan fingerprint density at radius 1 is 1.38 bits per heavy atom. The summed E-state index contributed by atoms with van der Waals surface area (Å²) in [5.41, 5.74) is 1.92. The largest absolute Gasteiger partial charge is 0.303 e. The zero-order valence-electron chi connectivity index (χ0n) is 14.3. The molecule has 0 bridgehead atoms. The highest BCUT2D eigenvalue weighted by atomic mass is 15.3. The number of rotatable bonds is 7. The molecule has 118 valence electrons. The fourth-order valence-corrected chi connectivity index (χ4v) is 2.43. The fraction of sp³-hybridized carbons (Fsp3) is 0.750. The molecule has 1 heterocycles. The van der Waals surface area contributed by atoms with Crippen molar-refractivity contribution in [3.63, 3.8) is 0 Å². The number of hydrogen-bond acceptors (Lipinski definition) is 4. The molecule has 5 nitrogen and oxygen atoms in total. The first-order valence-electron chi connectivity index (χ1n) is 7.72. The van der Waals surface area contributed by atoms with E-state index in [9.17, 15) is 5.26 Å². The minimum Gasteiger partial charge on any atom is -0.303 e. The molecule has 0 amide bonds. The minimum atomic E-state index is -0.302. The Morgan fingerprint density at radius 2 is 2.00 bits per heavy atom. The fourth-order valence-electron chi connectivity index (χ4n) is 2.43. The van der Waals surface area contributed by atoms with Crippen molar-refractivity contribution in [3.8, 4) is 6.07 Å². The van der Waals surface area contributed by atoms with Gasteiger partial charge in [-0.15, -0.1) is 0 Å². The summed E-state index contributed by atoms with van der Waals surface area (Å²) in [6.45, 7) is 14.5. The van der Waals surface area contributed by atoms with E-state index in [-0.39, 0.29) is 11.5 Å². The van der Waals surface area contributed by atoms with Gasteiger partial charge in [0, 0.05) is 37.3 Å². The summed E-state index contributed by atoms with van der Waals surface area (Å²) in [6.07, 6.45) is 1.96. The molecule has 0 aliphatic rings. The number of likely N-dealkylation sites (N-methyl/N-ethyl adjacent to an activating group) is 1. The quantitative estimate of drug-likeness (QED) is 0.837. The Morgan fingerprint density at radius 3 is 2.48 bits per heavy atom. The van der Waals surface area contributed by atoms with Gasteiger partial charge in [0.15, 0.2) is 0 Å². The van der Waals surface area contributed by atoms with Crippen molar-refractivity contribution in [2.24, 2.45) is 7.05 Å². The van der Waals surface area contributed by atoms with Gasteiger partial charge in [-0.05, 0) is 13.1 Å². The average molecular weight is 291 g/mol. The lowest BCUT2D eigenvalue weighted by Gasteiger charge is -2.22. The van der Waals surface area contributed by atoms with Gasteiger partial charge in [0.1, 0.15) is 6.04 Å². The lowest BCUT2D eigenvalue weighted by atomic mass is 9.88. The molecule has 0 saturated carbocycles. The van der Waals surface area contributed by atoms with E-state index < -0.39 is 0 Å². The van der Waals surface area contributed by atoms with E-state index in [2.05, 4.69) is 56.0 Å². The second kappa shape index (κ2) is 7.58. The van der Waals surface area contributed by atoms with Crippen LogP contribution in [0.4, 0.5) is 0 Å². The maximum absolute atomic E-state index is 9.50. The van der Waals surface area contributed by atoms with Gasteiger partial charge in [-0.2, -0.15) is 10.4 Å². The van der Waals surface area contributed by atoms with Crippen LogP contribution in [-0.2, 0) is 12.5 Å². The number of nitrogens with zero attached hydrogens (tertiary/aromatic N) is 4. The predicted molar refractivity (Wildman–Crippen MR) is 86.1 cm³/mol. The molecule has 5 heteroatoms. The monoisotopic (exact) mass is 291 g/mol. The zero-order valence-corrected chi connectivity index (χ0v) is 14.3. The second-order valence-electron chi connectivity index (χ2n) is 6.40. The van der Waals surface area contributed by atoms with E-state index in [1.807, 2.05) is 13.2 Å². The molecule has 0 aliphatic heterocycles. The Bertz CT molecular complexity index is 474. The standard InChI is InChI=1S/C16H29N5/c1-7-21(8-2)10-9-18-14(11-17)13-12-20(6)19-15(13)16(3,4)5/h12,14,18H,7-10H2,1-6H3. The normalized spacial score (nSPS) is 13.4. The number of aromatic nitrogens is 2. The number of hydrogen-bond donors (Lipinski definition) is 1. The van der Waals surface area contributed by atoms with Crippen LogP contribution < -0.4 is 5.32 Å². The van der Waals surface area contributed by atoms with Crippen LogP contribution in [0.15, 0.2) is 6.20 Å². The zero-order chi connectivity index (χ0) is 16.0. The Kier molecular flexibility index (Phi) is 6.38. The molecule has 0 radical (unpaired) electrons. The van der Waals surface area contributed by atoms with Crippen LogP contribution in [0.2, 0.25) is 0 Å². The summed E-state index contributed by atoms with van der Waals surface area (Å²) in [6, 6.07) is 2.07. The highest BCUT2D eigenvalue weighted by Gasteiger charge is 2.26.